The number of imidazole rings is 1. The summed E-state index contributed by atoms with van der Waals surface area (Å²) in [6.45, 7) is 2.23. The first-order valence-corrected chi connectivity index (χ1v) is 5.44. The third-order valence-corrected chi connectivity index (χ3v) is 3.14. The van der Waals surface area contributed by atoms with E-state index in [9.17, 15) is 0 Å². The minimum absolute atomic E-state index is 0.650. The standard InChI is InChI=1S/C11H14N4/c1-4-12-5-2-8(1)9-3-6-13-11-10(9)14-7-15-11/h3,6-8,12H,1-2,4-5H2,(H,13,14,15). The maximum absolute atomic E-state index is 4.24. The van der Waals surface area contributed by atoms with Gasteiger partial charge in [-0.05, 0) is 43.5 Å². The molecular weight excluding hydrogens is 188 g/mol. The van der Waals surface area contributed by atoms with Crippen LogP contribution in [-0.2, 0) is 0 Å². The maximum atomic E-state index is 4.24. The van der Waals surface area contributed by atoms with E-state index in [2.05, 4.69) is 26.3 Å². The van der Waals surface area contributed by atoms with Crippen molar-refractivity contribution in [2.75, 3.05) is 13.1 Å². The molecule has 78 valence electrons. The van der Waals surface area contributed by atoms with Crippen LogP contribution in [0.1, 0.15) is 24.3 Å². The average Bonchev–Trinajstić information content (AvgIpc) is 2.78. The summed E-state index contributed by atoms with van der Waals surface area (Å²) < 4.78 is 0. The zero-order chi connectivity index (χ0) is 10.1. The molecule has 3 heterocycles. The molecule has 0 radical (unpaired) electrons. The van der Waals surface area contributed by atoms with E-state index < -0.39 is 0 Å². The molecule has 2 aromatic rings. The van der Waals surface area contributed by atoms with Crippen LogP contribution in [0, 0.1) is 0 Å². The lowest BCUT2D eigenvalue weighted by Crippen LogP contribution is -2.26. The number of aromatic amines is 1. The van der Waals surface area contributed by atoms with Gasteiger partial charge < -0.3 is 10.3 Å². The van der Waals surface area contributed by atoms with Crippen LogP contribution in [0.3, 0.4) is 0 Å². The predicted molar refractivity (Wildman–Crippen MR) is 58.7 cm³/mol. The average molecular weight is 202 g/mol. The molecule has 2 aromatic heterocycles. The van der Waals surface area contributed by atoms with E-state index in [-0.39, 0.29) is 0 Å². The van der Waals surface area contributed by atoms with E-state index in [4.69, 9.17) is 0 Å². The van der Waals surface area contributed by atoms with Gasteiger partial charge in [0.05, 0.1) is 11.8 Å². The molecule has 1 aliphatic rings. The molecule has 0 atom stereocenters. The van der Waals surface area contributed by atoms with Crippen LogP contribution < -0.4 is 5.32 Å². The van der Waals surface area contributed by atoms with Crippen molar-refractivity contribution in [3.63, 3.8) is 0 Å². The molecule has 3 rings (SSSR count). The molecule has 0 unspecified atom stereocenters. The van der Waals surface area contributed by atoms with Crippen LogP contribution in [0.4, 0.5) is 0 Å². The van der Waals surface area contributed by atoms with Gasteiger partial charge in [0.2, 0.25) is 0 Å². The van der Waals surface area contributed by atoms with Crippen LogP contribution in [0.5, 0.6) is 0 Å². The summed E-state index contributed by atoms with van der Waals surface area (Å²) in [5, 5.41) is 3.38. The highest BCUT2D eigenvalue weighted by molar-refractivity contribution is 5.74. The Hall–Kier alpha value is -1.42. The van der Waals surface area contributed by atoms with Crippen LogP contribution in [0.2, 0.25) is 0 Å². The van der Waals surface area contributed by atoms with Crippen molar-refractivity contribution in [2.24, 2.45) is 0 Å². The van der Waals surface area contributed by atoms with Crippen LogP contribution in [0.25, 0.3) is 11.2 Å². The molecule has 0 saturated carbocycles. The van der Waals surface area contributed by atoms with Gasteiger partial charge >= 0.3 is 0 Å². The van der Waals surface area contributed by atoms with Crippen LogP contribution in [-0.4, -0.2) is 28.0 Å². The number of aromatic nitrogens is 3. The summed E-state index contributed by atoms with van der Waals surface area (Å²) in [5.41, 5.74) is 3.33. The van der Waals surface area contributed by atoms with Gasteiger partial charge in [0, 0.05) is 6.20 Å². The summed E-state index contributed by atoms with van der Waals surface area (Å²) in [7, 11) is 0. The quantitative estimate of drug-likeness (QED) is 0.735. The van der Waals surface area contributed by atoms with Crippen LogP contribution in [0.15, 0.2) is 18.6 Å². The number of H-pyrrole nitrogens is 1. The van der Waals surface area contributed by atoms with Gasteiger partial charge in [-0.15, -0.1) is 0 Å². The molecule has 0 aliphatic carbocycles. The third kappa shape index (κ3) is 1.51. The van der Waals surface area contributed by atoms with E-state index in [1.54, 1.807) is 6.33 Å². The van der Waals surface area contributed by atoms with Crippen molar-refractivity contribution < 1.29 is 0 Å². The Morgan fingerprint density at radius 2 is 2.07 bits per heavy atom. The van der Waals surface area contributed by atoms with Crippen molar-refractivity contribution in [1.82, 2.24) is 20.3 Å². The molecule has 0 spiro atoms. The highest BCUT2D eigenvalue weighted by Crippen LogP contribution is 2.28. The minimum atomic E-state index is 0.650. The van der Waals surface area contributed by atoms with Crippen LogP contribution >= 0.6 is 0 Å². The molecule has 4 nitrogen and oxygen atoms in total. The van der Waals surface area contributed by atoms with Gasteiger partial charge in [0.1, 0.15) is 0 Å². The second-order valence-corrected chi connectivity index (χ2v) is 4.03. The Morgan fingerprint density at radius 3 is 2.93 bits per heavy atom. The Bertz CT molecular complexity index is 456. The van der Waals surface area contributed by atoms with Crippen molar-refractivity contribution in [1.29, 1.82) is 0 Å². The van der Waals surface area contributed by atoms with E-state index in [1.807, 2.05) is 6.20 Å². The fourth-order valence-corrected chi connectivity index (χ4v) is 2.34. The molecule has 15 heavy (non-hydrogen) atoms. The fraction of sp³-hybridized carbons (Fsp3) is 0.455. The van der Waals surface area contributed by atoms with Gasteiger partial charge in [-0.25, -0.2) is 9.97 Å². The summed E-state index contributed by atoms with van der Waals surface area (Å²) in [5.74, 6) is 0.650. The zero-order valence-electron chi connectivity index (χ0n) is 8.53. The number of pyridine rings is 1. The normalized spacial score (nSPS) is 18.4. The van der Waals surface area contributed by atoms with Gasteiger partial charge in [-0.3, -0.25) is 0 Å². The second kappa shape index (κ2) is 3.62. The third-order valence-electron chi connectivity index (χ3n) is 3.14. The summed E-state index contributed by atoms with van der Waals surface area (Å²) in [6, 6.07) is 2.12. The topological polar surface area (TPSA) is 53.6 Å². The lowest BCUT2D eigenvalue weighted by atomic mass is 9.90. The lowest BCUT2D eigenvalue weighted by Gasteiger charge is -2.23. The fourth-order valence-electron chi connectivity index (χ4n) is 2.34. The molecule has 0 aromatic carbocycles. The monoisotopic (exact) mass is 202 g/mol. The molecule has 0 amide bonds. The maximum Gasteiger partial charge on any atom is 0.177 e. The Balaban J connectivity index is 2.05. The van der Waals surface area contributed by atoms with Crippen molar-refractivity contribution in [2.45, 2.75) is 18.8 Å². The Labute approximate surface area is 88.1 Å². The first-order chi connectivity index (χ1) is 7.45. The van der Waals surface area contributed by atoms with E-state index >= 15 is 0 Å². The largest absolute Gasteiger partial charge is 0.343 e. The summed E-state index contributed by atoms with van der Waals surface area (Å²) in [4.78, 5) is 11.6. The first kappa shape index (κ1) is 8.85. The predicted octanol–water partition coefficient (Wildman–Crippen LogP) is 1.42. The number of fused-ring (bicyclic) bond motifs is 1. The Kier molecular flexibility index (Phi) is 2.14. The summed E-state index contributed by atoms with van der Waals surface area (Å²) >= 11 is 0. The molecule has 0 bridgehead atoms. The van der Waals surface area contributed by atoms with E-state index in [0.29, 0.717) is 5.92 Å². The number of nitrogens with zero attached hydrogens (tertiary/aromatic N) is 2. The van der Waals surface area contributed by atoms with Gasteiger partial charge in [-0.1, -0.05) is 0 Å². The molecular formula is C11H14N4. The number of hydrogen-bond acceptors (Lipinski definition) is 3. The Morgan fingerprint density at radius 1 is 1.20 bits per heavy atom. The SMILES string of the molecule is c1cc(C2CCNCC2)c2[nH]cnc2n1. The number of hydrogen-bond donors (Lipinski definition) is 2. The van der Waals surface area contributed by atoms with Gasteiger partial charge in [0.25, 0.3) is 0 Å². The molecule has 2 N–H and O–H groups in total. The number of piperidine rings is 1. The second-order valence-electron chi connectivity index (χ2n) is 4.03. The lowest BCUT2D eigenvalue weighted by molar-refractivity contribution is 0.462. The number of nitrogens with one attached hydrogen (secondary N) is 2. The first-order valence-electron chi connectivity index (χ1n) is 5.44. The van der Waals surface area contributed by atoms with Crippen molar-refractivity contribution in [3.05, 3.63) is 24.2 Å². The number of rotatable bonds is 1. The highest BCUT2D eigenvalue weighted by Gasteiger charge is 2.18. The van der Waals surface area contributed by atoms with Crippen molar-refractivity contribution in [3.8, 4) is 0 Å². The van der Waals surface area contributed by atoms with E-state index in [1.165, 1.54) is 18.4 Å². The smallest absolute Gasteiger partial charge is 0.177 e. The van der Waals surface area contributed by atoms with E-state index in [0.717, 1.165) is 24.3 Å². The highest BCUT2D eigenvalue weighted by atomic mass is 14.9. The summed E-state index contributed by atoms with van der Waals surface area (Å²) in [6.07, 6.45) is 6.00. The molecule has 4 heteroatoms. The minimum Gasteiger partial charge on any atom is -0.343 e. The van der Waals surface area contributed by atoms with Crippen molar-refractivity contribution >= 4 is 11.2 Å². The van der Waals surface area contributed by atoms with Gasteiger partial charge in [0.15, 0.2) is 5.65 Å². The molecule has 1 aliphatic heterocycles. The molecule has 1 saturated heterocycles. The zero-order valence-corrected chi connectivity index (χ0v) is 8.53. The van der Waals surface area contributed by atoms with Gasteiger partial charge in [-0.2, -0.15) is 0 Å². The molecule has 1 fully saturated rings.